The quantitative estimate of drug-likeness (QED) is 0.723. The van der Waals surface area contributed by atoms with Crippen LogP contribution < -0.4 is 5.32 Å². The second-order valence-electron chi connectivity index (χ2n) is 4.61. The largest absolute Gasteiger partial charge is 0.357 e. The van der Waals surface area contributed by atoms with Crippen molar-refractivity contribution in [3.05, 3.63) is 51.8 Å². The number of aryl methyl sites for hydroxylation is 2. The highest BCUT2D eigenvalue weighted by Crippen LogP contribution is 2.25. The number of hydrogen-bond acceptors (Lipinski definition) is 2. The van der Waals surface area contributed by atoms with Gasteiger partial charge in [0.15, 0.2) is 0 Å². The molecule has 1 amide bonds. The van der Waals surface area contributed by atoms with Crippen LogP contribution in [0.3, 0.4) is 0 Å². The van der Waals surface area contributed by atoms with E-state index in [0.717, 1.165) is 32.7 Å². The number of aromatic amines is 1. The van der Waals surface area contributed by atoms with Crippen molar-refractivity contribution in [3.8, 4) is 0 Å². The minimum absolute atomic E-state index is 0.0488. The van der Waals surface area contributed by atoms with Gasteiger partial charge in [-0.05, 0) is 43.0 Å². The Morgan fingerprint density at radius 2 is 2.11 bits per heavy atom. The normalized spacial score (nSPS) is 10.8. The maximum absolute atomic E-state index is 12.2. The summed E-state index contributed by atoms with van der Waals surface area (Å²) in [5.74, 6) is -0.0488. The van der Waals surface area contributed by atoms with E-state index in [9.17, 15) is 4.79 Å². The molecular weight excluding hydrogens is 256 g/mol. The topological polar surface area (TPSA) is 44.9 Å². The zero-order chi connectivity index (χ0) is 13.4. The molecule has 3 rings (SSSR count). The molecule has 2 heterocycles. The summed E-state index contributed by atoms with van der Waals surface area (Å²) in [7, 11) is 0. The van der Waals surface area contributed by atoms with Crippen molar-refractivity contribution in [2.45, 2.75) is 13.8 Å². The highest BCUT2D eigenvalue weighted by atomic mass is 32.1. The van der Waals surface area contributed by atoms with Crippen LogP contribution in [-0.4, -0.2) is 10.9 Å². The molecule has 4 heteroatoms. The van der Waals surface area contributed by atoms with E-state index in [1.165, 1.54) is 11.3 Å². The zero-order valence-electron chi connectivity index (χ0n) is 10.8. The Balaban J connectivity index is 1.98. The molecule has 3 aromatic rings. The Morgan fingerprint density at radius 3 is 2.84 bits per heavy atom. The Morgan fingerprint density at radius 1 is 1.26 bits per heavy atom. The second-order valence-corrected chi connectivity index (χ2v) is 5.53. The molecule has 0 aliphatic carbocycles. The minimum atomic E-state index is -0.0488. The number of rotatable bonds is 2. The van der Waals surface area contributed by atoms with Crippen LogP contribution in [0.5, 0.6) is 0 Å². The van der Waals surface area contributed by atoms with E-state index in [4.69, 9.17) is 0 Å². The average molecular weight is 270 g/mol. The summed E-state index contributed by atoms with van der Waals surface area (Å²) in [6, 6.07) is 9.93. The number of H-pyrrole nitrogens is 1. The number of benzene rings is 1. The average Bonchev–Trinajstić information content (AvgIpc) is 2.94. The molecule has 0 spiro atoms. The second kappa shape index (κ2) is 4.55. The van der Waals surface area contributed by atoms with Gasteiger partial charge < -0.3 is 10.3 Å². The molecule has 96 valence electrons. The predicted molar refractivity (Wildman–Crippen MR) is 80.0 cm³/mol. The SMILES string of the molecule is Cc1cc2cccc(NC(=O)c3sccc3C)c2[nH]1. The fourth-order valence-corrected chi connectivity index (χ4v) is 3.01. The van der Waals surface area contributed by atoms with Crippen LogP contribution in [0.15, 0.2) is 35.7 Å². The molecule has 3 nitrogen and oxygen atoms in total. The van der Waals surface area contributed by atoms with Gasteiger partial charge in [0, 0.05) is 11.1 Å². The van der Waals surface area contributed by atoms with Gasteiger partial charge in [-0.3, -0.25) is 4.79 Å². The van der Waals surface area contributed by atoms with Crippen molar-refractivity contribution in [1.29, 1.82) is 0 Å². The first kappa shape index (κ1) is 12.0. The number of thiophene rings is 1. The number of anilines is 1. The Hall–Kier alpha value is -2.07. The lowest BCUT2D eigenvalue weighted by Crippen LogP contribution is -2.11. The Labute approximate surface area is 115 Å². The maximum Gasteiger partial charge on any atom is 0.266 e. The van der Waals surface area contributed by atoms with E-state index >= 15 is 0 Å². The first-order valence-corrected chi connectivity index (χ1v) is 6.97. The van der Waals surface area contributed by atoms with Crippen molar-refractivity contribution >= 4 is 33.8 Å². The van der Waals surface area contributed by atoms with Crippen LogP contribution >= 0.6 is 11.3 Å². The first-order valence-electron chi connectivity index (χ1n) is 6.09. The number of nitrogens with one attached hydrogen (secondary N) is 2. The van der Waals surface area contributed by atoms with E-state index in [0.29, 0.717) is 0 Å². The Bertz CT molecular complexity index is 754. The molecule has 0 radical (unpaired) electrons. The number of fused-ring (bicyclic) bond motifs is 1. The van der Waals surface area contributed by atoms with Gasteiger partial charge >= 0.3 is 0 Å². The molecule has 0 unspecified atom stereocenters. The van der Waals surface area contributed by atoms with Crippen LogP contribution in [0.4, 0.5) is 5.69 Å². The molecule has 19 heavy (non-hydrogen) atoms. The molecule has 0 atom stereocenters. The van der Waals surface area contributed by atoms with Gasteiger partial charge in [0.1, 0.15) is 0 Å². The number of amides is 1. The summed E-state index contributed by atoms with van der Waals surface area (Å²) in [6.07, 6.45) is 0. The van der Waals surface area contributed by atoms with E-state index in [1.807, 2.05) is 43.5 Å². The van der Waals surface area contributed by atoms with E-state index < -0.39 is 0 Å². The van der Waals surface area contributed by atoms with Gasteiger partial charge in [-0.2, -0.15) is 0 Å². The number of carbonyl (C=O) groups is 1. The standard InChI is InChI=1S/C15H14N2OS/c1-9-6-7-19-14(9)15(18)17-12-5-3-4-11-8-10(2)16-13(11)12/h3-8,16H,1-2H3,(H,17,18). The molecule has 2 aromatic heterocycles. The first-order chi connectivity index (χ1) is 9.15. The molecule has 0 saturated carbocycles. The van der Waals surface area contributed by atoms with Gasteiger partial charge in [0.05, 0.1) is 16.1 Å². The van der Waals surface area contributed by atoms with E-state index in [2.05, 4.69) is 16.4 Å². The zero-order valence-corrected chi connectivity index (χ0v) is 11.6. The highest BCUT2D eigenvalue weighted by Gasteiger charge is 2.12. The molecule has 0 aliphatic heterocycles. The van der Waals surface area contributed by atoms with Crippen LogP contribution in [-0.2, 0) is 0 Å². The van der Waals surface area contributed by atoms with Gasteiger partial charge in [0.2, 0.25) is 0 Å². The summed E-state index contributed by atoms with van der Waals surface area (Å²) in [5, 5.41) is 6.03. The van der Waals surface area contributed by atoms with Crippen LogP contribution in [0.2, 0.25) is 0 Å². The van der Waals surface area contributed by atoms with E-state index in [1.54, 1.807) is 0 Å². The summed E-state index contributed by atoms with van der Waals surface area (Å²) >= 11 is 1.47. The number of hydrogen-bond donors (Lipinski definition) is 2. The predicted octanol–water partition coefficient (Wildman–Crippen LogP) is 4.10. The number of aromatic nitrogens is 1. The van der Waals surface area contributed by atoms with Gasteiger partial charge in [-0.15, -0.1) is 11.3 Å². The van der Waals surface area contributed by atoms with Crippen LogP contribution in [0.25, 0.3) is 10.9 Å². The Kier molecular flexibility index (Phi) is 2.87. The van der Waals surface area contributed by atoms with E-state index in [-0.39, 0.29) is 5.91 Å². The molecule has 0 aliphatic rings. The molecule has 1 aromatic carbocycles. The van der Waals surface area contributed by atoms with Gasteiger partial charge in [-0.1, -0.05) is 12.1 Å². The van der Waals surface area contributed by atoms with Crippen molar-refractivity contribution in [2.75, 3.05) is 5.32 Å². The fraction of sp³-hybridized carbons (Fsp3) is 0.133. The van der Waals surface area contributed by atoms with Crippen LogP contribution in [0.1, 0.15) is 20.9 Å². The van der Waals surface area contributed by atoms with Crippen molar-refractivity contribution in [2.24, 2.45) is 0 Å². The van der Waals surface area contributed by atoms with Gasteiger partial charge in [0.25, 0.3) is 5.91 Å². The molecule has 0 saturated heterocycles. The van der Waals surface area contributed by atoms with Crippen molar-refractivity contribution < 1.29 is 4.79 Å². The number of carbonyl (C=O) groups excluding carboxylic acids is 1. The lowest BCUT2D eigenvalue weighted by Gasteiger charge is -2.06. The molecular formula is C15H14N2OS. The van der Waals surface area contributed by atoms with Crippen LogP contribution in [0, 0.1) is 13.8 Å². The molecule has 0 fully saturated rings. The summed E-state index contributed by atoms with van der Waals surface area (Å²) < 4.78 is 0. The third-order valence-corrected chi connectivity index (χ3v) is 4.12. The monoisotopic (exact) mass is 270 g/mol. The number of para-hydroxylation sites is 1. The summed E-state index contributed by atoms with van der Waals surface area (Å²) in [5.41, 5.74) is 3.90. The highest BCUT2D eigenvalue weighted by molar-refractivity contribution is 7.12. The lowest BCUT2D eigenvalue weighted by atomic mass is 10.2. The summed E-state index contributed by atoms with van der Waals surface area (Å²) in [4.78, 5) is 16.3. The van der Waals surface area contributed by atoms with Crippen molar-refractivity contribution in [1.82, 2.24) is 4.98 Å². The van der Waals surface area contributed by atoms with Crippen molar-refractivity contribution in [3.63, 3.8) is 0 Å². The summed E-state index contributed by atoms with van der Waals surface area (Å²) in [6.45, 7) is 3.96. The van der Waals surface area contributed by atoms with Gasteiger partial charge in [-0.25, -0.2) is 0 Å². The minimum Gasteiger partial charge on any atom is -0.357 e. The third kappa shape index (κ3) is 2.15. The maximum atomic E-state index is 12.2. The lowest BCUT2D eigenvalue weighted by molar-refractivity contribution is 0.103. The molecule has 2 N–H and O–H groups in total. The molecule has 0 bridgehead atoms. The smallest absolute Gasteiger partial charge is 0.266 e. The fourth-order valence-electron chi connectivity index (χ4n) is 2.19. The third-order valence-electron chi connectivity index (χ3n) is 3.11.